The highest BCUT2D eigenvalue weighted by molar-refractivity contribution is 5.78. The number of aliphatic hydroxyl groups is 1. The highest BCUT2D eigenvalue weighted by Gasteiger charge is 2.28. The molecule has 31 heavy (non-hydrogen) atoms. The normalized spacial score (nSPS) is 14.6. The van der Waals surface area contributed by atoms with E-state index < -0.39 is 5.95 Å². The van der Waals surface area contributed by atoms with Crippen LogP contribution in [0.3, 0.4) is 0 Å². The maximum atomic E-state index is 13.1. The van der Waals surface area contributed by atoms with Crippen LogP contribution in [-0.2, 0) is 6.54 Å². The number of halogens is 1. The zero-order valence-corrected chi connectivity index (χ0v) is 17.2. The molecule has 0 saturated carbocycles. The predicted octanol–water partition coefficient (Wildman–Crippen LogP) is 5.51. The number of fused-ring (bicyclic) bond motifs is 1. The summed E-state index contributed by atoms with van der Waals surface area (Å²) < 4.78 is 19.1. The highest BCUT2D eigenvalue weighted by Crippen LogP contribution is 2.31. The lowest BCUT2D eigenvalue weighted by atomic mass is 9.98. The number of oxazole rings is 1. The Morgan fingerprint density at radius 2 is 1.97 bits per heavy atom. The zero-order chi connectivity index (χ0) is 21.5. The Balaban J connectivity index is 1.37. The van der Waals surface area contributed by atoms with E-state index in [9.17, 15) is 9.50 Å². The van der Waals surface area contributed by atoms with Gasteiger partial charge in [-0.15, -0.1) is 0 Å². The molecule has 0 spiro atoms. The number of pyridine rings is 1. The van der Waals surface area contributed by atoms with Crippen LogP contribution in [0.25, 0.3) is 33.7 Å². The number of aliphatic hydroxyl groups excluding tert-OH is 1. The SMILES string of the molecule is C=C(O)C1CN(Cc2ccc3oc(-c4ccc(-c5ccc(F)nc5)c(C)c4)nc3c2)C1. The number of hydrogen-bond donors (Lipinski definition) is 1. The van der Waals surface area contributed by atoms with Crippen molar-refractivity contribution in [3.05, 3.63) is 84.1 Å². The number of nitrogens with zero attached hydrogens (tertiary/aromatic N) is 3. The van der Waals surface area contributed by atoms with Gasteiger partial charge in [0.05, 0.1) is 5.76 Å². The quantitative estimate of drug-likeness (QED) is 0.344. The minimum absolute atomic E-state index is 0.180. The first-order valence-electron chi connectivity index (χ1n) is 10.2. The van der Waals surface area contributed by atoms with Crippen molar-refractivity contribution < 1.29 is 13.9 Å². The molecule has 1 aliphatic rings. The molecule has 4 aromatic rings. The van der Waals surface area contributed by atoms with Crippen LogP contribution < -0.4 is 0 Å². The Labute approximate surface area is 179 Å². The van der Waals surface area contributed by atoms with Gasteiger partial charge in [0.15, 0.2) is 5.58 Å². The van der Waals surface area contributed by atoms with Crippen LogP contribution in [0.5, 0.6) is 0 Å². The van der Waals surface area contributed by atoms with Gasteiger partial charge in [-0.25, -0.2) is 9.97 Å². The van der Waals surface area contributed by atoms with Crippen molar-refractivity contribution in [3.63, 3.8) is 0 Å². The third kappa shape index (κ3) is 3.82. The van der Waals surface area contributed by atoms with Crippen molar-refractivity contribution in [1.29, 1.82) is 0 Å². The van der Waals surface area contributed by atoms with E-state index >= 15 is 0 Å². The summed E-state index contributed by atoms with van der Waals surface area (Å²) in [5.74, 6) is 0.528. The molecular formula is C25H22FN3O2. The largest absolute Gasteiger partial charge is 0.513 e. The third-order valence-corrected chi connectivity index (χ3v) is 5.80. The van der Waals surface area contributed by atoms with Gasteiger partial charge in [0.25, 0.3) is 0 Å². The van der Waals surface area contributed by atoms with Crippen molar-refractivity contribution in [1.82, 2.24) is 14.9 Å². The van der Waals surface area contributed by atoms with Gasteiger partial charge >= 0.3 is 0 Å². The van der Waals surface area contributed by atoms with Gasteiger partial charge in [0.2, 0.25) is 11.8 Å². The summed E-state index contributed by atoms with van der Waals surface area (Å²) >= 11 is 0. The third-order valence-electron chi connectivity index (χ3n) is 5.80. The first-order chi connectivity index (χ1) is 15.0. The Morgan fingerprint density at radius 3 is 2.68 bits per heavy atom. The summed E-state index contributed by atoms with van der Waals surface area (Å²) in [6, 6.07) is 15.1. The van der Waals surface area contributed by atoms with Crippen LogP contribution in [0, 0.1) is 18.8 Å². The zero-order valence-electron chi connectivity index (χ0n) is 17.2. The molecule has 1 saturated heterocycles. The molecule has 2 aromatic heterocycles. The van der Waals surface area contributed by atoms with Gasteiger partial charge in [-0.05, 0) is 60.0 Å². The smallest absolute Gasteiger partial charge is 0.227 e. The predicted molar refractivity (Wildman–Crippen MR) is 118 cm³/mol. The molecular weight excluding hydrogens is 393 g/mol. The molecule has 0 amide bonds. The van der Waals surface area contributed by atoms with E-state index in [1.165, 1.54) is 12.3 Å². The first kappa shape index (κ1) is 19.5. The summed E-state index contributed by atoms with van der Waals surface area (Å²) in [7, 11) is 0. The second-order valence-electron chi connectivity index (χ2n) is 8.10. The molecule has 5 rings (SSSR count). The summed E-state index contributed by atoms with van der Waals surface area (Å²) in [4.78, 5) is 10.7. The van der Waals surface area contributed by atoms with Crippen LogP contribution in [-0.4, -0.2) is 33.1 Å². The van der Waals surface area contributed by atoms with E-state index in [2.05, 4.69) is 22.5 Å². The number of hydrogen-bond acceptors (Lipinski definition) is 5. The van der Waals surface area contributed by atoms with E-state index in [1.807, 2.05) is 37.3 Å². The molecule has 0 bridgehead atoms. The molecule has 2 aromatic carbocycles. The average molecular weight is 415 g/mol. The minimum atomic E-state index is -0.489. The van der Waals surface area contributed by atoms with Crippen LogP contribution in [0.2, 0.25) is 0 Å². The molecule has 1 N–H and O–H groups in total. The van der Waals surface area contributed by atoms with Gasteiger partial charge in [0, 0.05) is 42.9 Å². The summed E-state index contributed by atoms with van der Waals surface area (Å²) in [5.41, 5.74) is 6.50. The monoisotopic (exact) mass is 415 g/mol. The van der Waals surface area contributed by atoms with E-state index in [0.29, 0.717) is 5.89 Å². The Kier molecular flexibility index (Phi) is 4.79. The lowest BCUT2D eigenvalue weighted by Crippen LogP contribution is -2.46. The van der Waals surface area contributed by atoms with Gasteiger partial charge in [-0.1, -0.05) is 18.7 Å². The van der Waals surface area contributed by atoms with Gasteiger partial charge < -0.3 is 9.52 Å². The number of benzene rings is 2. The fourth-order valence-corrected chi connectivity index (χ4v) is 4.02. The molecule has 1 aliphatic heterocycles. The minimum Gasteiger partial charge on any atom is -0.513 e. The van der Waals surface area contributed by atoms with Crippen molar-refractivity contribution in [2.24, 2.45) is 5.92 Å². The number of aryl methyl sites for hydroxylation is 1. The van der Waals surface area contributed by atoms with Crippen molar-refractivity contribution >= 4 is 11.1 Å². The summed E-state index contributed by atoms with van der Waals surface area (Å²) in [6.45, 7) is 8.07. The van der Waals surface area contributed by atoms with E-state index in [-0.39, 0.29) is 11.7 Å². The van der Waals surface area contributed by atoms with Crippen LogP contribution >= 0.6 is 0 Å². The molecule has 3 heterocycles. The average Bonchev–Trinajstić information content (AvgIpc) is 3.14. The molecule has 156 valence electrons. The van der Waals surface area contributed by atoms with E-state index in [1.54, 1.807) is 6.07 Å². The lowest BCUT2D eigenvalue weighted by molar-refractivity contribution is 0.0864. The standard InChI is InChI=1S/C25H22FN3O2/c1-15-9-18(4-6-21(15)19-5-8-24(26)27-11-19)25-28-22-10-17(3-7-23(22)31-25)12-29-13-20(14-29)16(2)30/h3-11,20,30H,2,12-14H2,1H3. The Hall–Kier alpha value is -3.51. The molecule has 6 heteroatoms. The Bertz CT molecular complexity index is 1270. The molecule has 0 unspecified atom stereocenters. The maximum absolute atomic E-state index is 13.1. The van der Waals surface area contributed by atoms with Gasteiger partial charge in [-0.3, -0.25) is 4.90 Å². The molecule has 0 atom stereocenters. The topological polar surface area (TPSA) is 62.4 Å². The van der Waals surface area contributed by atoms with Gasteiger partial charge in [0.1, 0.15) is 5.52 Å². The first-order valence-corrected chi connectivity index (χ1v) is 10.2. The second kappa shape index (κ2) is 7.63. The number of aromatic nitrogens is 2. The van der Waals surface area contributed by atoms with Crippen LogP contribution in [0.1, 0.15) is 11.1 Å². The van der Waals surface area contributed by atoms with Crippen molar-refractivity contribution in [2.75, 3.05) is 13.1 Å². The maximum Gasteiger partial charge on any atom is 0.227 e. The molecule has 0 aliphatic carbocycles. The number of likely N-dealkylation sites (tertiary alicyclic amines) is 1. The molecule has 5 nitrogen and oxygen atoms in total. The van der Waals surface area contributed by atoms with Crippen molar-refractivity contribution in [3.8, 4) is 22.6 Å². The Morgan fingerprint density at radius 1 is 1.16 bits per heavy atom. The second-order valence-corrected chi connectivity index (χ2v) is 8.10. The van der Waals surface area contributed by atoms with Gasteiger partial charge in [-0.2, -0.15) is 4.39 Å². The van der Waals surface area contributed by atoms with Crippen molar-refractivity contribution in [2.45, 2.75) is 13.5 Å². The van der Waals surface area contributed by atoms with E-state index in [4.69, 9.17) is 9.40 Å². The molecule has 1 fully saturated rings. The van der Waals surface area contributed by atoms with Crippen LogP contribution in [0.4, 0.5) is 4.39 Å². The molecule has 0 radical (unpaired) electrons. The van der Waals surface area contributed by atoms with Crippen LogP contribution in [0.15, 0.2) is 71.5 Å². The highest BCUT2D eigenvalue weighted by atomic mass is 19.1. The summed E-state index contributed by atoms with van der Waals surface area (Å²) in [5, 5.41) is 9.46. The van der Waals surface area contributed by atoms with E-state index in [0.717, 1.165) is 58.6 Å². The lowest BCUT2D eigenvalue weighted by Gasteiger charge is -2.38. The summed E-state index contributed by atoms with van der Waals surface area (Å²) in [6.07, 6.45) is 1.54. The fraction of sp³-hybridized carbons (Fsp3) is 0.200. The number of rotatable bonds is 5. The fourth-order valence-electron chi connectivity index (χ4n) is 4.02.